The molecule has 1 aliphatic rings. The van der Waals surface area contributed by atoms with E-state index in [2.05, 4.69) is 26.1 Å². The molecule has 1 N–H and O–H groups in total. The van der Waals surface area contributed by atoms with Crippen molar-refractivity contribution in [2.45, 2.75) is 33.2 Å². The van der Waals surface area contributed by atoms with Gasteiger partial charge in [0.2, 0.25) is 0 Å². The molecule has 1 aromatic rings. The Morgan fingerprint density at radius 2 is 2.15 bits per heavy atom. The fraction of sp³-hybridized carbons (Fsp3) is 0.533. The number of ether oxygens (including phenoxy) is 1. The topological polar surface area (TPSA) is 33.6 Å². The van der Waals surface area contributed by atoms with Gasteiger partial charge < -0.3 is 10.1 Å². The fourth-order valence-electron chi connectivity index (χ4n) is 2.10. The van der Waals surface area contributed by atoms with E-state index in [1.54, 1.807) is 18.9 Å². The smallest absolute Gasteiger partial charge is 0.161 e. The second kappa shape index (κ2) is 6.27. The number of aliphatic imine (C=N–C) groups is 1. The predicted molar refractivity (Wildman–Crippen MR) is 89.4 cm³/mol. The number of amidine groups is 1. The Bertz CT molecular complexity index is 511. The van der Waals surface area contributed by atoms with E-state index in [4.69, 9.17) is 21.3 Å². The van der Waals surface area contributed by atoms with Gasteiger partial charge in [-0.3, -0.25) is 4.99 Å². The van der Waals surface area contributed by atoms with Gasteiger partial charge in [0.15, 0.2) is 5.17 Å². The minimum Gasteiger partial charge on any atom is -0.495 e. The summed E-state index contributed by atoms with van der Waals surface area (Å²) >= 11 is 7.79. The molecule has 1 atom stereocenters. The quantitative estimate of drug-likeness (QED) is 0.861. The third-order valence-corrected chi connectivity index (χ3v) is 4.46. The van der Waals surface area contributed by atoms with Gasteiger partial charge >= 0.3 is 0 Å². The molecule has 0 saturated heterocycles. The minimum atomic E-state index is 0.187. The largest absolute Gasteiger partial charge is 0.495 e. The Labute approximate surface area is 130 Å². The van der Waals surface area contributed by atoms with Gasteiger partial charge in [-0.1, -0.05) is 44.1 Å². The lowest BCUT2D eigenvalue weighted by atomic mass is 9.85. The molecule has 2 rings (SSSR count). The summed E-state index contributed by atoms with van der Waals surface area (Å²) in [4.78, 5) is 4.82. The maximum Gasteiger partial charge on any atom is 0.161 e. The van der Waals surface area contributed by atoms with E-state index in [0.717, 1.165) is 28.8 Å². The van der Waals surface area contributed by atoms with Crippen molar-refractivity contribution >= 4 is 34.2 Å². The first-order chi connectivity index (χ1) is 9.40. The Morgan fingerprint density at radius 1 is 1.40 bits per heavy atom. The summed E-state index contributed by atoms with van der Waals surface area (Å²) in [5.74, 6) is 1.85. The van der Waals surface area contributed by atoms with Crippen LogP contribution < -0.4 is 10.1 Å². The van der Waals surface area contributed by atoms with E-state index >= 15 is 0 Å². The number of hydrogen-bond acceptors (Lipinski definition) is 4. The number of hydrogen-bond donors (Lipinski definition) is 1. The highest BCUT2D eigenvalue weighted by Gasteiger charge is 2.27. The number of thioether (sulfide) groups is 1. The third-order valence-electron chi connectivity index (χ3n) is 3.31. The summed E-state index contributed by atoms with van der Waals surface area (Å²) in [6.45, 7) is 6.69. The lowest BCUT2D eigenvalue weighted by molar-refractivity contribution is 0.316. The highest BCUT2D eigenvalue weighted by Crippen LogP contribution is 2.33. The lowest BCUT2D eigenvalue weighted by Gasteiger charge is -2.31. The summed E-state index contributed by atoms with van der Waals surface area (Å²) in [7, 11) is 1.65. The van der Waals surface area contributed by atoms with Crippen molar-refractivity contribution in [1.29, 1.82) is 0 Å². The van der Waals surface area contributed by atoms with Crippen molar-refractivity contribution < 1.29 is 4.74 Å². The average molecular weight is 313 g/mol. The minimum absolute atomic E-state index is 0.187. The summed E-state index contributed by atoms with van der Waals surface area (Å²) in [6, 6.07) is 5.89. The van der Waals surface area contributed by atoms with E-state index in [-0.39, 0.29) is 5.41 Å². The molecular formula is C15H21ClN2OS. The summed E-state index contributed by atoms with van der Waals surface area (Å²) in [5.41, 5.74) is 1.05. The Morgan fingerprint density at radius 3 is 2.80 bits per heavy atom. The van der Waals surface area contributed by atoms with Crippen LogP contribution in [0.5, 0.6) is 5.75 Å². The number of anilines is 1. The second-order valence-electron chi connectivity index (χ2n) is 5.92. The number of halogens is 1. The lowest BCUT2D eigenvalue weighted by Crippen LogP contribution is -2.30. The highest BCUT2D eigenvalue weighted by molar-refractivity contribution is 8.14. The zero-order valence-electron chi connectivity index (χ0n) is 12.4. The second-order valence-corrected chi connectivity index (χ2v) is 7.44. The first-order valence-corrected chi connectivity index (χ1v) is 8.07. The molecule has 1 heterocycles. The Kier molecular flexibility index (Phi) is 4.86. The van der Waals surface area contributed by atoms with Crippen LogP contribution in [0.25, 0.3) is 0 Å². The molecule has 0 saturated carbocycles. The van der Waals surface area contributed by atoms with Gasteiger partial charge in [0.25, 0.3) is 0 Å². The monoisotopic (exact) mass is 312 g/mol. The van der Waals surface area contributed by atoms with Crippen LogP contribution in [0.3, 0.4) is 0 Å². The average Bonchev–Trinajstić information content (AvgIpc) is 2.38. The molecule has 3 nitrogen and oxygen atoms in total. The number of rotatable bonds is 2. The maximum absolute atomic E-state index is 6.05. The van der Waals surface area contributed by atoms with Crippen molar-refractivity contribution in [3.63, 3.8) is 0 Å². The number of benzene rings is 1. The standard InChI is InChI=1S/C15H21ClN2OS/c1-15(2,3)13-7-8-20-14(18-13)17-11-9-10(16)5-6-12(11)19-4/h5-6,9,13H,7-8H2,1-4H3,(H,17,18). The van der Waals surface area contributed by atoms with Gasteiger partial charge in [0.1, 0.15) is 5.75 Å². The molecule has 1 aromatic carbocycles. The fourth-order valence-corrected chi connectivity index (χ4v) is 3.19. The molecule has 0 spiro atoms. The van der Waals surface area contributed by atoms with Gasteiger partial charge in [-0.05, 0) is 30.0 Å². The van der Waals surface area contributed by atoms with Crippen molar-refractivity contribution in [2.75, 3.05) is 18.2 Å². The predicted octanol–water partition coefficient (Wildman–Crippen LogP) is 4.67. The molecule has 110 valence electrons. The van der Waals surface area contributed by atoms with Crippen molar-refractivity contribution in [3.8, 4) is 5.75 Å². The molecule has 0 bridgehead atoms. The van der Waals surface area contributed by atoms with Crippen molar-refractivity contribution in [2.24, 2.45) is 10.4 Å². The zero-order valence-corrected chi connectivity index (χ0v) is 13.9. The van der Waals surface area contributed by atoms with Crippen LogP contribution in [0.2, 0.25) is 5.02 Å². The van der Waals surface area contributed by atoms with Crippen LogP contribution in [0.1, 0.15) is 27.2 Å². The van der Waals surface area contributed by atoms with E-state index in [9.17, 15) is 0 Å². The summed E-state index contributed by atoms with van der Waals surface area (Å²) in [5, 5.41) is 4.97. The first kappa shape index (κ1) is 15.5. The van der Waals surface area contributed by atoms with Crippen LogP contribution in [-0.2, 0) is 0 Å². The summed E-state index contributed by atoms with van der Waals surface area (Å²) in [6.07, 6.45) is 1.12. The number of nitrogens with zero attached hydrogens (tertiary/aromatic N) is 1. The molecule has 20 heavy (non-hydrogen) atoms. The highest BCUT2D eigenvalue weighted by atomic mass is 35.5. The zero-order chi connectivity index (χ0) is 14.8. The van der Waals surface area contributed by atoms with Gasteiger partial charge in [-0.15, -0.1) is 0 Å². The molecule has 0 aliphatic carbocycles. The van der Waals surface area contributed by atoms with E-state index in [1.807, 2.05) is 18.2 Å². The number of methoxy groups -OCH3 is 1. The Hall–Kier alpha value is -0.870. The molecule has 0 radical (unpaired) electrons. The third kappa shape index (κ3) is 3.83. The van der Waals surface area contributed by atoms with Gasteiger partial charge in [0, 0.05) is 10.8 Å². The Balaban J connectivity index is 2.21. The van der Waals surface area contributed by atoms with Crippen LogP contribution in [0.4, 0.5) is 5.69 Å². The van der Waals surface area contributed by atoms with Crippen LogP contribution in [0.15, 0.2) is 23.2 Å². The van der Waals surface area contributed by atoms with Gasteiger partial charge in [0.05, 0.1) is 18.8 Å². The SMILES string of the molecule is COc1ccc(Cl)cc1NC1=NC(C(C)(C)C)CCS1. The normalized spacial score (nSPS) is 19.4. The number of nitrogens with one attached hydrogen (secondary N) is 1. The molecule has 0 amide bonds. The molecule has 0 aromatic heterocycles. The van der Waals surface area contributed by atoms with Gasteiger partial charge in [-0.25, -0.2) is 0 Å². The van der Waals surface area contributed by atoms with Gasteiger partial charge in [-0.2, -0.15) is 0 Å². The van der Waals surface area contributed by atoms with Crippen LogP contribution in [0, 0.1) is 5.41 Å². The first-order valence-electron chi connectivity index (χ1n) is 6.71. The van der Waals surface area contributed by atoms with E-state index < -0.39 is 0 Å². The molecule has 1 unspecified atom stereocenters. The molecule has 1 aliphatic heterocycles. The molecular weight excluding hydrogens is 292 g/mol. The van der Waals surface area contributed by atoms with Crippen LogP contribution in [-0.4, -0.2) is 24.1 Å². The van der Waals surface area contributed by atoms with Crippen molar-refractivity contribution in [1.82, 2.24) is 0 Å². The van der Waals surface area contributed by atoms with E-state index in [1.165, 1.54) is 0 Å². The van der Waals surface area contributed by atoms with Crippen molar-refractivity contribution in [3.05, 3.63) is 23.2 Å². The molecule has 0 fully saturated rings. The van der Waals surface area contributed by atoms with E-state index in [0.29, 0.717) is 11.1 Å². The van der Waals surface area contributed by atoms with Crippen LogP contribution >= 0.6 is 23.4 Å². The summed E-state index contributed by atoms with van der Waals surface area (Å²) < 4.78 is 5.35. The molecule has 5 heteroatoms. The maximum atomic E-state index is 6.05.